The number of hydrogen-bond acceptors (Lipinski definition) is 1. The smallest absolute Gasteiger partial charge is 0.269 e. The molecular weight excluding hydrogens is 281 g/mol. The quantitative estimate of drug-likeness (QED) is 0.838. The Bertz CT molecular complexity index is 644. The molecule has 0 saturated carbocycles. The Labute approximate surface area is 122 Å². The van der Waals surface area contributed by atoms with Crippen LogP contribution >= 0.6 is 23.2 Å². The van der Waals surface area contributed by atoms with Gasteiger partial charge in [-0.25, -0.2) is 0 Å². The highest BCUT2D eigenvalue weighted by Gasteiger charge is 2.09. The Balaban J connectivity index is 2.25. The minimum absolute atomic E-state index is 0.166. The molecule has 0 unspecified atom stereocenters. The van der Waals surface area contributed by atoms with Crippen molar-refractivity contribution in [3.63, 3.8) is 0 Å². The predicted octanol–water partition coefficient (Wildman–Crippen LogP) is 4.01. The summed E-state index contributed by atoms with van der Waals surface area (Å²) in [5.74, 6) is 0. The molecule has 0 aliphatic heterocycles. The first-order chi connectivity index (χ1) is 8.99. The fraction of sp³-hybridized carbons (Fsp3) is 0.267. The minimum Gasteiger partial charge on any atom is -0.310 e. The van der Waals surface area contributed by atoms with Gasteiger partial charge in [-0.3, -0.25) is 4.79 Å². The highest BCUT2D eigenvalue weighted by molar-refractivity contribution is 6.34. The van der Waals surface area contributed by atoms with E-state index in [9.17, 15) is 4.79 Å². The second kappa shape index (κ2) is 5.81. The maximum Gasteiger partial charge on any atom is 0.269 e. The molecule has 0 amide bonds. The van der Waals surface area contributed by atoms with E-state index in [4.69, 9.17) is 23.2 Å². The molecule has 0 atom stereocenters. The topological polar surface area (TPSA) is 22.0 Å². The Hall–Kier alpha value is -1.25. The number of aryl methyl sites for hydroxylation is 2. The monoisotopic (exact) mass is 295 g/mol. The molecule has 100 valence electrons. The molecule has 1 aromatic carbocycles. The lowest BCUT2D eigenvalue weighted by Gasteiger charge is -2.12. The van der Waals surface area contributed by atoms with Gasteiger partial charge in [0.25, 0.3) is 5.56 Å². The van der Waals surface area contributed by atoms with E-state index in [1.54, 1.807) is 4.57 Å². The third kappa shape index (κ3) is 3.20. The number of halogens is 2. The molecule has 1 aromatic heterocycles. The first-order valence-electron chi connectivity index (χ1n) is 6.10. The van der Waals surface area contributed by atoms with Gasteiger partial charge in [0, 0.05) is 12.2 Å². The summed E-state index contributed by atoms with van der Waals surface area (Å²) in [6.07, 6.45) is 0.775. The number of hydrogen-bond donors (Lipinski definition) is 0. The first-order valence-corrected chi connectivity index (χ1v) is 6.85. The minimum atomic E-state index is -0.185. The van der Waals surface area contributed by atoms with Gasteiger partial charge in [0.05, 0.1) is 5.02 Å². The van der Waals surface area contributed by atoms with Crippen molar-refractivity contribution in [3.8, 4) is 0 Å². The van der Waals surface area contributed by atoms with Crippen molar-refractivity contribution in [1.82, 2.24) is 4.57 Å². The third-order valence-corrected chi connectivity index (χ3v) is 3.85. The maximum absolute atomic E-state index is 12.0. The molecule has 0 N–H and O–H groups in total. The molecule has 0 fully saturated rings. The van der Waals surface area contributed by atoms with Crippen LogP contribution in [0, 0.1) is 13.8 Å². The lowest BCUT2D eigenvalue weighted by molar-refractivity contribution is 0.649. The number of pyridine rings is 1. The molecule has 0 aliphatic carbocycles. The van der Waals surface area contributed by atoms with E-state index < -0.39 is 0 Å². The Kier molecular flexibility index (Phi) is 4.33. The van der Waals surface area contributed by atoms with E-state index in [1.807, 2.05) is 6.92 Å². The largest absolute Gasteiger partial charge is 0.310 e. The maximum atomic E-state index is 12.0. The van der Waals surface area contributed by atoms with Crippen LogP contribution in [0.15, 0.2) is 35.1 Å². The molecule has 0 saturated heterocycles. The summed E-state index contributed by atoms with van der Waals surface area (Å²) in [5.41, 5.74) is 2.98. The Morgan fingerprint density at radius 3 is 2.32 bits per heavy atom. The summed E-state index contributed by atoms with van der Waals surface area (Å²) in [5, 5.41) is 0.688. The summed E-state index contributed by atoms with van der Waals surface area (Å²) in [4.78, 5) is 12.0. The molecule has 2 aromatic rings. The molecule has 4 heteroatoms. The van der Waals surface area contributed by atoms with Gasteiger partial charge < -0.3 is 4.57 Å². The molecule has 0 aliphatic rings. The number of rotatable bonds is 3. The van der Waals surface area contributed by atoms with E-state index in [0.717, 1.165) is 12.1 Å². The normalized spacial score (nSPS) is 10.7. The molecular formula is C15H15Cl2NO. The molecule has 19 heavy (non-hydrogen) atoms. The van der Waals surface area contributed by atoms with Gasteiger partial charge in [0.15, 0.2) is 0 Å². The zero-order valence-corrected chi connectivity index (χ0v) is 12.4. The summed E-state index contributed by atoms with van der Waals surface area (Å²) >= 11 is 11.9. The van der Waals surface area contributed by atoms with Crippen LogP contribution in [-0.2, 0) is 13.0 Å². The van der Waals surface area contributed by atoms with Gasteiger partial charge in [0.1, 0.15) is 5.02 Å². The van der Waals surface area contributed by atoms with Crippen LogP contribution in [0.2, 0.25) is 10.0 Å². The highest BCUT2D eigenvalue weighted by atomic mass is 35.5. The van der Waals surface area contributed by atoms with Crippen molar-refractivity contribution in [2.75, 3.05) is 0 Å². The van der Waals surface area contributed by atoms with E-state index in [0.29, 0.717) is 11.6 Å². The molecule has 2 rings (SSSR count). The standard InChI is InChI=1S/C15H15Cl2NO/c1-10-3-5-12(6-4-10)7-8-18-11(2)13(16)9-14(17)15(18)19/h3-6,9H,7-8H2,1-2H3. The van der Waals surface area contributed by atoms with Gasteiger partial charge in [-0.2, -0.15) is 0 Å². The highest BCUT2D eigenvalue weighted by Crippen LogP contribution is 2.17. The lowest BCUT2D eigenvalue weighted by Crippen LogP contribution is -2.23. The molecule has 0 radical (unpaired) electrons. The van der Waals surface area contributed by atoms with E-state index in [-0.39, 0.29) is 10.6 Å². The average molecular weight is 296 g/mol. The number of aromatic nitrogens is 1. The van der Waals surface area contributed by atoms with Crippen LogP contribution in [0.1, 0.15) is 16.8 Å². The van der Waals surface area contributed by atoms with Gasteiger partial charge in [0.2, 0.25) is 0 Å². The van der Waals surface area contributed by atoms with Gasteiger partial charge in [-0.05, 0) is 31.9 Å². The van der Waals surface area contributed by atoms with E-state index in [2.05, 4.69) is 31.2 Å². The fourth-order valence-electron chi connectivity index (χ4n) is 1.95. The van der Waals surface area contributed by atoms with Gasteiger partial charge in [-0.1, -0.05) is 53.0 Å². The Morgan fingerprint density at radius 2 is 1.68 bits per heavy atom. The van der Waals surface area contributed by atoms with Gasteiger partial charge in [-0.15, -0.1) is 0 Å². The van der Waals surface area contributed by atoms with Crippen LogP contribution < -0.4 is 5.56 Å². The molecule has 2 nitrogen and oxygen atoms in total. The van der Waals surface area contributed by atoms with Crippen molar-refractivity contribution < 1.29 is 0 Å². The van der Waals surface area contributed by atoms with E-state index >= 15 is 0 Å². The summed E-state index contributed by atoms with van der Waals surface area (Å²) in [6, 6.07) is 9.78. The summed E-state index contributed by atoms with van der Waals surface area (Å²) in [6.45, 7) is 4.46. The lowest BCUT2D eigenvalue weighted by atomic mass is 10.1. The number of benzene rings is 1. The van der Waals surface area contributed by atoms with Crippen LogP contribution in [0.3, 0.4) is 0 Å². The van der Waals surface area contributed by atoms with Crippen molar-refractivity contribution in [2.45, 2.75) is 26.8 Å². The van der Waals surface area contributed by atoms with E-state index in [1.165, 1.54) is 17.2 Å². The van der Waals surface area contributed by atoms with Crippen molar-refractivity contribution >= 4 is 23.2 Å². The second-order valence-electron chi connectivity index (χ2n) is 4.62. The SMILES string of the molecule is Cc1ccc(CCn2c(C)c(Cl)cc(Cl)c2=O)cc1. The average Bonchev–Trinajstić information content (AvgIpc) is 2.38. The van der Waals surface area contributed by atoms with Crippen molar-refractivity contribution in [2.24, 2.45) is 0 Å². The molecule has 1 heterocycles. The summed E-state index contributed by atoms with van der Waals surface area (Å²) in [7, 11) is 0. The van der Waals surface area contributed by atoms with Crippen molar-refractivity contribution in [1.29, 1.82) is 0 Å². The zero-order valence-electron chi connectivity index (χ0n) is 10.9. The van der Waals surface area contributed by atoms with Crippen LogP contribution in [-0.4, -0.2) is 4.57 Å². The molecule has 0 spiro atoms. The summed E-state index contributed by atoms with van der Waals surface area (Å²) < 4.78 is 1.63. The number of nitrogens with zero attached hydrogens (tertiary/aromatic N) is 1. The second-order valence-corrected chi connectivity index (χ2v) is 5.43. The fourth-order valence-corrected chi connectivity index (χ4v) is 2.43. The van der Waals surface area contributed by atoms with Crippen molar-refractivity contribution in [3.05, 3.63) is 67.6 Å². The first kappa shape index (κ1) is 14.2. The Morgan fingerprint density at radius 1 is 1.05 bits per heavy atom. The van der Waals surface area contributed by atoms with Gasteiger partial charge >= 0.3 is 0 Å². The van der Waals surface area contributed by atoms with Crippen LogP contribution in [0.5, 0.6) is 0 Å². The zero-order chi connectivity index (χ0) is 14.0. The third-order valence-electron chi connectivity index (χ3n) is 3.20. The van der Waals surface area contributed by atoms with Crippen LogP contribution in [0.4, 0.5) is 0 Å². The van der Waals surface area contributed by atoms with Crippen LogP contribution in [0.25, 0.3) is 0 Å². The molecule has 0 bridgehead atoms. The predicted molar refractivity (Wildman–Crippen MR) is 80.3 cm³/mol.